The Morgan fingerprint density at radius 3 is 2.59 bits per heavy atom. The van der Waals surface area contributed by atoms with Gasteiger partial charge in [-0.3, -0.25) is 5.10 Å². The Morgan fingerprint density at radius 1 is 1.35 bits per heavy atom. The van der Waals surface area contributed by atoms with Crippen LogP contribution in [0.4, 0.5) is 10.2 Å². The molecule has 17 heavy (non-hydrogen) atoms. The number of aromatic nitrogens is 2. The van der Waals surface area contributed by atoms with Crippen molar-refractivity contribution in [3.63, 3.8) is 0 Å². The first-order valence-electron chi connectivity index (χ1n) is 5.29. The number of aromatic amines is 1. The van der Waals surface area contributed by atoms with E-state index in [9.17, 15) is 4.39 Å². The minimum absolute atomic E-state index is 0.117. The maximum Gasteiger partial charge on any atom is 0.145 e. The average Bonchev–Trinajstić information content (AvgIpc) is 2.68. The lowest BCUT2D eigenvalue weighted by atomic mass is 9.99. The molecule has 2 aromatic rings. The normalized spacial score (nSPS) is 11.1. The summed E-state index contributed by atoms with van der Waals surface area (Å²) in [6.07, 6.45) is 0. The first kappa shape index (κ1) is 12.1. The number of anilines is 1. The highest BCUT2D eigenvalue weighted by molar-refractivity contribution is 9.10. The topological polar surface area (TPSA) is 54.7 Å². The van der Waals surface area contributed by atoms with Crippen LogP contribution in [-0.4, -0.2) is 10.2 Å². The quantitative estimate of drug-likeness (QED) is 0.888. The minimum atomic E-state index is -0.212. The monoisotopic (exact) mass is 297 g/mol. The predicted molar refractivity (Wildman–Crippen MR) is 70.2 cm³/mol. The number of halogens is 2. The molecule has 0 unspecified atom stereocenters. The highest BCUT2D eigenvalue weighted by Gasteiger charge is 2.13. The molecule has 3 N–H and O–H groups in total. The Labute approximate surface area is 107 Å². The summed E-state index contributed by atoms with van der Waals surface area (Å²) in [4.78, 5) is 0. The van der Waals surface area contributed by atoms with E-state index in [4.69, 9.17) is 5.73 Å². The summed E-state index contributed by atoms with van der Waals surface area (Å²) < 4.78 is 14.3. The average molecular weight is 298 g/mol. The second-order valence-electron chi connectivity index (χ2n) is 4.22. The molecule has 90 valence electrons. The van der Waals surface area contributed by atoms with Crippen molar-refractivity contribution in [1.29, 1.82) is 0 Å². The summed E-state index contributed by atoms with van der Waals surface area (Å²) in [7, 11) is 0. The van der Waals surface area contributed by atoms with Crippen LogP contribution in [-0.2, 0) is 0 Å². The standard InChI is InChI=1S/C12H13BrFN3/c1-6(2)8-3-7(4-9(13)12(8)14)10-5-11(15)17-16-10/h3-6H,1-2H3,(H3,15,16,17). The van der Waals surface area contributed by atoms with Crippen molar-refractivity contribution in [2.45, 2.75) is 19.8 Å². The van der Waals surface area contributed by atoms with Gasteiger partial charge in [0, 0.05) is 11.6 Å². The molecule has 0 saturated carbocycles. The predicted octanol–water partition coefficient (Wildman–Crippen LogP) is 3.68. The Bertz CT molecular complexity index is 549. The SMILES string of the molecule is CC(C)c1cc(-c2cc(N)n[nH]2)cc(Br)c1F. The van der Waals surface area contributed by atoms with Gasteiger partial charge in [0.1, 0.15) is 11.6 Å². The van der Waals surface area contributed by atoms with Crippen LogP contribution in [0.5, 0.6) is 0 Å². The fourth-order valence-electron chi connectivity index (χ4n) is 1.67. The summed E-state index contributed by atoms with van der Waals surface area (Å²) in [5.74, 6) is 0.328. The van der Waals surface area contributed by atoms with E-state index in [0.29, 0.717) is 15.9 Å². The Kier molecular flexibility index (Phi) is 3.19. The molecule has 0 aliphatic heterocycles. The van der Waals surface area contributed by atoms with E-state index in [1.807, 2.05) is 19.9 Å². The van der Waals surface area contributed by atoms with Crippen molar-refractivity contribution in [2.24, 2.45) is 0 Å². The van der Waals surface area contributed by atoms with Crippen molar-refractivity contribution in [2.75, 3.05) is 5.73 Å². The fraction of sp³-hybridized carbons (Fsp3) is 0.250. The molecule has 0 bridgehead atoms. The van der Waals surface area contributed by atoms with Crippen LogP contribution in [0.25, 0.3) is 11.3 Å². The summed E-state index contributed by atoms with van der Waals surface area (Å²) in [6.45, 7) is 3.91. The number of hydrogen-bond acceptors (Lipinski definition) is 2. The summed E-state index contributed by atoms with van der Waals surface area (Å²) in [5, 5.41) is 6.68. The van der Waals surface area contributed by atoms with Crippen LogP contribution < -0.4 is 5.73 Å². The molecule has 3 nitrogen and oxygen atoms in total. The zero-order valence-corrected chi connectivity index (χ0v) is 11.2. The molecule has 0 atom stereocenters. The van der Waals surface area contributed by atoms with Gasteiger partial charge in [-0.2, -0.15) is 5.10 Å². The number of nitrogens with zero attached hydrogens (tertiary/aromatic N) is 1. The van der Waals surface area contributed by atoms with E-state index in [-0.39, 0.29) is 11.7 Å². The van der Waals surface area contributed by atoms with E-state index in [1.165, 1.54) is 0 Å². The molecule has 0 spiro atoms. The molecule has 1 aromatic heterocycles. The second kappa shape index (κ2) is 4.49. The number of rotatable bonds is 2. The number of nitrogens with two attached hydrogens (primary N) is 1. The van der Waals surface area contributed by atoms with Gasteiger partial charge in [-0.05, 0) is 39.5 Å². The van der Waals surface area contributed by atoms with Gasteiger partial charge in [0.15, 0.2) is 0 Å². The molecular formula is C12H13BrFN3. The third-order valence-electron chi connectivity index (χ3n) is 2.59. The third-order valence-corrected chi connectivity index (χ3v) is 3.16. The summed E-state index contributed by atoms with van der Waals surface area (Å²) in [6, 6.07) is 5.26. The first-order chi connectivity index (χ1) is 7.99. The lowest BCUT2D eigenvalue weighted by Crippen LogP contribution is -1.95. The molecule has 0 aliphatic carbocycles. The summed E-state index contributed by atoms with van der Waals surface area (Å²) in [5.41, 5.74) is 7.87. The maximum absolute atomic E-state index is 13.9. The van der Waals surface area contributed by atoms with Gasteiger partial charge in [-0.1, -0.05) is 13.8 Å². The van der Waals surface area contributed by atoms with Crippen LogP contribution in [0.2, 0.25) is 0 Å². The number of H-pyrrole nitrogens is 1. The van der Waals surface area contributed by atoms with E-state index in [2.05, 4.69) is 26.1 Å². The van der Waals surface area contributed by atoms with Crippen LogP contribution in [0.15, 0.2) is 22.7 Å². The summed E-state index contributed by atoms with van der Waals surface area (Å²) >= 11 is 3.23. The zero-order chi connectivity index (χ0) is 12.6. The molecular weight excluding hydrogens is 285 g/mol. The third kappa shape index (κ3) is 2.34. The smallest absolute Gasteiger partial charge is 0.145 e. The van der Waals surface area contributed by atoms with Crippen LogP contribution in [0.1, 0.15) is 25.3 Å². The van der Waals surface area contributed by atoms with Gasteiger partial charge in [0.05, 0.1) is 10.2 Å². The molecule has 0 amide bonds. The highest BCUT2D eigenvalue weighted by atomic mass is 79.9. The van der Waals surface area contributed by atoms with Gasteiger partial charge < -0.3 is 5.73 Å². The first-order valence-corrected chi connectivity index (χ1v) is 6.08. The van der Waals surface area contributed by atoms with Gasteiger partial charge in [-0.25, -0.2) is 4.39 Å². The lowest BCUT2D eigenvalue weighted by molar-refractivity contribution is 0.592. The van der Waals surface area contributed by atoms with E-state index in [1.54, 1.807) is 12.1 Å². The van der Waals surface area contributed by atoms with Crippen molar-refractivity contribution in [3.05, 3.63) is 34.1 Å². The Balaban J connectivity index is 2.56. The number of hydrogen-bond donors (Lipinski definition) is 2. The lowest BCUT2D eigenvalue weighted by Gasteiger charge is -2.10. The van der Waals surface area contributed by atoms with Crippen LogP contribution >= 0.6 is 15.9 Å². The molecule has 1 aromatic carbocycles. The van der Waals surface area contributed by atoms with Gasteiger partial charge in [-0.15, -0.1) is 0 Å². The van der Waals surface area contributed by atoms with E-state index >= 15 is 0 Å². The Morgan fingerprint density at radius 2 is 2.06 bits per heavy atom. The van der Waals surface area contributed by atoms with Gasteiger partial charge in [0.2, 0.25) is 0 Å². The van der Waals surface area contributed by atoms with Crippen molar-refractivity contribution < 1.29 is 4.39 Å². The molecule has 0 aliphatic rings. The van der Waals surface area contributed by atoms with Crippen LogP contribution in [0, 0.1) is 5.82 Å². The number of nitrogens with one attached hydrogen (secondary N) is 1. The largest absolute Gasteiger partial charge is 0.382 e. The fourth-order valence-corrected chi connectivity index (χ4v) is 2.15. The number of nitrogen functional groups attached to an aromatic ring is 1. The van der Waals surface area contributed by atoms with Crippen molar-refractivity contribution >= 4 is 21.7 Å². The highest BCUT2D eigenvalue weighted by Crippen LogP contribution is 2.31. The van der Waals surface area contributed by atoms with Gasteiger partial charge in [0.25, 0.3) is 0 Å². The molecule has 0 saturated heterocycles. The van der Waals surface area contributed by atoms with Crippen molar-refractivity contribution in [3.8, 4) is 11.3 Å². The Hall–Kier alpha value is -1.36. The molecule has 2 rings (SSSR count). The zero-order valence-electron chi connectivity index (χ0n) is 9.59. The minimum Gasteiger partial charge on any atom is -0.382 e. The molecule has 0 radical (unpaired) electrons. The number of benzene rings is 1. The molecule has 0 fully saturated rings. The van der Waals surface area contributed by atoms with Gasteiger partial charge >= 0.3 is 0 Å². The molecule has 1 heterocycles. The maximum atomic E-state index is 13.9. The van der Waals surface area contributed by atoms with Crippen LogP contribution in [0.3, 0.4) is 0 Å². The van der Waals surface area contributed by atoms with E-state index < -0.39 is 0 Å². The van der Waals surface area contributed by atoms with E-state index in [0.717, 1.165) is 11.3 Å². The second-order valence-corrected chi connectivity index (χ2v) is 5.08. The van der Waals surface area contributed by atoms with Crippen molar-refractivity contribution in [1.82, 2.24) is 10.2 Å². The molecule has 5 heteroatoms.